The number of amides is 2. The zero-order valence-electron chi connectivity index (χ0n) is 13.3. The monoisotopic (exact) mass is 332 g/mol. The highest BCUT2D eigenvalue weighted by Gasteiger charge is 2.40. The maximum absolute atomic E-state index is 12.9. The quantitative estimate of drug-likeness (QED) is 0.865. The number of likely N-dealkylation sites (tertiary alicyclic amines) is 1. The molecule has 2 aromatic rings. The molecule has 0 bridgehead atoms. The van der Waals surface area contributed by atoms with Gasteiger partial charge < -0.3 is 14.2 Å². The summed E-state index contributed by atoms with van der Waals surface area (Å²) in [6, 6.07) is 7.45. The molecule has 23 heavy (non-hydrogen) atoms. The Kier molecular flexibility index (Phi) is 4.52. The van der Waals surface area contributed by atoms with Gasteiger partial charge >= 0.3 is 0 Å². The van der Waals surface area contributed by atoms with Gasteiger partial charge in [-0.3, -0.25) is 9.59 Å². The lowest BCUT2D eigenvalue weighted by Gasteiger charge is -2.39. The van der Waals surface area contributed by atoms with Crippen molar-refractivity contribution < 1.29 is 14.0 Å². The van der Waals surface area contributed by atoms with E-state index in [2.05, 4.69) is 0 Å². The van der Waals surface area contributed by atoms with Crippen LogP contribution in [0.2, 0.25) is 0 Å². The van der Waals surface area contributed by atoms with E-state index in [1.54, 1.807) is 41.5 Å². The molecule has 1 aliphatic rings. The number of carbonyl (C=O) groups is 2. The van der Waals surface area contributed by atoms with Gasteiger partial charge in [0.1, 0.15) is 5.76 Å². The van der Waals surface area contributed by atoms with E-state index in [4.69, 9.17) is 4.42 Å². The lowest BCUT2D eigenvalue weighted by molar-refractivity contribution is -0.146. The Bertz CT molecular complexity index is 666. The second-order valence-corrected chi connectivity index (χ2v) is 6.86. The highest BCUT2D eigenvalue weighted by Crippen LogP contribution is 2.38. The largest absolute Gasteiger partial charge is 0.467 e. The Labute approximate surface area is 139 Å². The van der Waals surface area contributed by atoms with Crippen LogP contribution in [0.1, 0.15) is 29.5 Å². The lowest BCUT2D eigenvalue weighted by Crippen LogP contribution is -2.46. The van der Waals surface area contributed by atoms with Gasteiger partial charge in [-0.15, -0.1) is 11.3 Å². The first-order valence-corrected chi connectivity index (χ1v) is 8.52. The minimum Gasteiger partial charge on any atom is -0.467 e. The number of rotatable bonds is 4. The van der Waals surface area contributed by atoms with Gasteiger partial charge in [0, 0.05) is 25.4 Å². The summed E-state index contributed by atoms with van der Waals surface area (Å²) >= 11 is 1.59. The molecule has 1 fully saturated rings. The molecule has 5 nitrogen and oxygen atoms in total. The normalized spacial score (nSPS) is 21.5. The standard InChI is InChI=1S/C17H20N2O3S/c1-18(11-12-5-3-9-22-12)17(21)13-7-8-15(20)19(2)16(13)14-6-4-10-23-14/h3-6,9-10,13,16H,7-8,11H2,1-2H3/t13-,16+/m1/s1. The van der Waals surface area contributed by atoms with Crippen LogP contribution in [0.15, 0.2) is 40.3 Å². The zero-order chi connectivity index (χ0) is 16.4. The third-order valence-electron chi connectivity index (χ3n) is 4.36. The first-order chi connectivity index (χ1) is 11.1. The molecule has 1 aliphatic heterocycles. The molecular formula is C17H20N2O3S. The van der Waals surface area contributed by atoms with Crippen molar-refractivity contribution in [2.24, 2.45) is 5.92 Å². The van der Waals surface area contributed by atoms with E-state index in [0.717, 1.165) is 10.6 Å². The Hall–Kier alpha value is -2.08. The number of nitrogens with zero attached hydrogens (tertiary/aromatic N) is 2. The maximum atomic E-state index is 12.9. The molecule has 0 N–H and O–H groups in total. The third kappa shape index (κ3) is 3.17. The zero-order valence-corrected chi connectivity index (χ0v) is 14.1. The van der Waals surface area contributed by atoms with Crippen LogP contribution >= 0.6 is 11.3 Å². The Balaban J connectivity index is 1.80. The van der Waals surface area contributed by atoms with E-state index in [-0.39, 0.29) is 23.8 Å². The molecule has 3 heterocycles. The van der Waals surface area contributed by atoms with Crippen LogP contribution in [0, 0.1) is 5.92 Å². The first kappa shape index (κ1) is 15.8. The van der Waals surface area contributed by atoms with Crippen molar-refractivity contribution in [1.82, 2.24) is 9.80 Å². The van der Waals surface area contributed by atoms with Crippen LogP contribution in [-0.4, -0.2) is 35.7 Å². The fourth-order valence-electron chi connectivity index (χ4n) is 3.14. The van der Waals surface area contributed by atoms with Gasteiger partial charge in [-0.05, 0) is 30.0 Å². The van der Waals surface area contributed by atoms with E-state index in [0.29, 0.717) is 19.4 Å². The summed E-state index contributed by atoms with van der Waals surface area (Å²) in [5.41, 5.74) is 0. The van der Waals surface area contributed by atoms with Crippen LogP contribution in [0.4, 0.5) is 0 Å². The molecule has 0 radical (unpaired) electrons. The van der Waals surface area contributed by atoms with Crippen molar-refractivity contribution in [3.8, 4) is 0 Å². The first-order valence-electron chi connectivity index (χ1n) is 7.64. The lowest BCUT2D eigenvalue weighted by atomic mass is 9.87. The SMILES string of the molecule is CN(Cc1ccco1)C(=O)[C@@H]1CCC(=O)N(C)[C@@H]1c1cccs1. The predicted molar refractivity (Wildman–Crippen MR) is 87.7 cm³/mol. The molecule has 0 aromatic carbocycles. The van der Waals surface area contributed by atoms with E-state index in [1.807, 2.05) is 29.6 Å². The van der Waals surface area contributed by atoms with Gasteiger partial charge in [0.05, 0.1) is 24.8 Å². The van der Waals surface area contributed by atoms with Crippen molar-refractivity contribution in [1.29, 1.82) is 0 Å². The van der Waals surface area contributed by atoms with Crippen molar-refractivity contribution in [3.63, 3.8) is 0 Å². The van der Waals surface area contributed by atoms with Crippen molar-refractivity contribution in [2.75, 3.05) is 14.1 Å². The van der Waals surface area contributed by atoms with Crippen molar-refractivity contribution in [3.05, 3.63) is 46.5 Å². The van der Waals surface area contributed by atoms with Crippen LogP contribution < -0.4 is 0 Å². The van der Waals surface area contributed by atoms with Crippen molar-refractivity contribution >= 4 is 23.2 Å². The summed E-state index contributed by atoms with van der Waals surface area (Å²) in [5.74, 6) is 0.699. The second kappa shape index (κ2) is 6.58. The molecule has 0 spiro atoms. The Morgan fingerprint density at radius 3 is 2.91 bits per heavy atom. The molecule has 2 amide bonds. The van der Waals surface area contributed by atoms with E-state index in [1.165, 1.54) is 0 Å². The van der Waals surface area contributed by atoms with Crippen molar-refractivity contribution in [2.45, 2.75) is 25.4 Å². The molecule has 2 aromatic heterocycles. The van der Waals surface area contributed by atoms with E-state index in [9.17, 15) is 9.59 Å². The number of hydrogen-bond acceptors (Lipinski definition) is 4. The number of thiophene rings is 1. The van der Waals surface area contributed by atoms with Crippen LogP contribution in [0.25, 0.3) is 0 Å². The minimum atomic E-state index is -0.212. The summed E-state index contributed by atoms with van der Waals surface area (Å²) in [5, 5.41) is 1.98. The molecule has 6 heteroatoms. The molecule has 0 saturated carbocycles. The van der Waals surface area contributed by atoms with Crippen LogP contribution in [0.5, 0.6) is 0 Å². The number of hydrogen-bond donors (Lipinski definition) is 0. The predicted octanol–water partition coefficient (Wildman–Crippen LogP) is 2.91. The Morgan fingerprint density at radius 2 is 2.26 bits per heavy atom. The number of piperidine rings is 1. The average molecular weight is 332 g/mol. The van der Waals surface area contributed by atoms with Crippen LogP contribution in [0.3, 0.4) is 0 Å². The summed E-state index contributed by atoms with van der Waals surface area (Å²) in [4.78, 5) is 29.5. The summed E-state index contributed by atoms with van der Waals surface area (Å²) < 4.78 is 5.32. The molecule has 0 unspecified atom stereocenters. The average Bonchev–Trinajstić information content (AvgIpc) is 3.22. The third-order valence-corrected chi connectivity index (χ3v) is 5.31. The molecule has 0 aliphatic carbocycles. The summed E-state index contributed by atoms with van der Waals surface area (Å²) in [6.45, 7) is 0.442. The molecule has 1 saturated heterocycles. The molecular weight excluding hydrogens is 312 g/mol. The van der Waals surface area contributed by atoms with E-state index >= 15 is 0 Å². The highest BCUT2D eigenvalue weighted by molar-refractivity contribution is 7.10. The van der Waals surface area contributed by atoms with Crippen LogP contribution in [-0.2, 0) is 16.1 Å². The maximum Gasteiger partial charge on any atom is 0.228 e. The van der Waals surface area contributed by atoms with E-state index < -0.39 is 0 Å². The van der Waals surface area contributed by atoms with Gasteiger partial charge in [0.25, 0.3) is 0 Å². The molecule has 122 valence electrons. The highest BCUT2D eigenvalue weighted by atomic mass is 32.1. The molecule has 3 rings (SSSR count). The fourth-order valence-corrected chi connectivity index (χ4v) is 4.08. The minimum absolute atomic E-state index is 0.0548. The van der Waals surface area contributed by atoms with Gasteiger partial charge in [0.15, 0.2) is 0 Å². The van der Waals surface area contributed by atoms with Gasteiger partial charge in [-0.2, -0.15) is 0 Å². The van der Waals surface area contributed by atoms with Gasteiger partial charge in [0.2, 0.25) is 11.8 Å². The second-order valence-electron chi connectivity index (χ2n) is 5.88. The Morgan fingerprint density at radius 1 is 1.43 bits per heavy atom. The van der Waals surface area contributed by atoms with Gasteiger partial charge in [-0.25, -0.2) is 0 Å². The molecule has 2 atom stereocenters. The number of carbonyl (C=O) groups excluding carboxylic acids is 2. The topological polar surface area (TPSA) is 53.8 Å². The summed E-state index contributed by atoms with van der Waals surface area (Å²) in [6.07, 6.45) is 2.62. The smallest absolute Gasteiger partial charge is 0.228 e. The van der Waals surface area contributed by atoms with Gasteiger partial charge in [-0.1, -0.05) is 6.07 Å². The fraction of sp³-hybridized carbons (Fsp3) is 0.412. The summed E-state index contributed by atoms with van der Waals surface area (Å²) in [7, 11) is 3.57. The number of furan rings is 1.